The van der Waals surface area contributed by atoms with Crippen LogP contribution in [0.4, 0.5) is 0 Å². The van der Waals surface area contributed by atoms with Gasteiger partial charge in [0, 0.05) is 4.47 Å². The maximum atomic E-state index is 6.52. The normalized spacial score (nSPS) is 14.2. The average Bonchev–Trinajstić information content (AvgIpc) is 2.39. The summed E-state index contributed by atoms with van der Waals surface area (Å²) in [6, 6.07) is 16.7. The summed E-state index contributed by atoms with van der Waals surface area (Å²) < 4.78 is 1.07. The van der Waals surface area contributed by atoms with Gasteiger partial charge in [0.05, 0.1) is 5.54 Å². The highest BCUT2D eigenvalue weighted by Gasteiger charge is 2.23. The number of hydrogen-bond acceptors (Lipinski definition) is 1. The number of benzene rings is 2. The summed E-state index contributed by atoms with van der Waals surface area (Å²) in [6.07, 6.45) is 1.03. The lowest BCUT2D eigenvalue weighted by atomic mass is 9.85. The van der Waals surface area contributed by atoms with Crippen LogP contribution in [0.25, 0.3) is 0 Å². The highest BCUT2D eigenvalue weighted by atomic mass is 79.9. The van der Waals surface area contributed by atoms with Crippen LogP contribution in [-0.2, 0) is 12.0 Å². The highest BCUT2D eigenvalue weighted by Crippen LogP contribution is 2.28. The third kappa shape index (κ3) is 2.65. The minimum absolute atomic E-state index is 0.452. The van der Waals surface area contributed by atoms with E-state index in [4.69, 9.17) is 5.73 Å². The molecule has 0 fully saturated rings. The Morgan fingerprint density at radius 1 is 1.06 bits per heavy atom. The molecule has 18 heavy (non-hydrogen) atoms. The summed E-state index contributed by atoms with van der Waals surface area (Å²) in [4.78, 5) is 0. The van der Waals surface area contributed by atoms with E-state index in [-0.39, 0.29) is 0 Å². The van der Waals surface area contributed by atoms with Crippen molar-refractivity contribution in [2.75, 3.05) is 0 Å². The number of nitrogens with two attached hydrogens (primary N) is 1. The van der Waals surface area contributed by atoms with E-state index < -0.39 is 5.54 Å². The van der Waals surface area contributed by atoms with Crippen LogP contribution in [-0.4, -0.2) is 0 Å². The second kappa shape index (κ2) is 5.25. The predicted molar refractivity (Wildman–Crippen MR) is 80.6 cm³/mol. The van der Waals surface area contributed by atoms with Crippen molar-refractivity contribution in [3.05, 3.63) is 69.7 Å². The van der Waals surface area contributed by atoms with Crippen LogP contribution < -0.4 is 5.73 Å². The van der Waals surface area contributed by atoms with Gasteiger partial charge < -0.3 is 5.73 Å². The van der Waals surface area contributed by atoms with Crippen molar-refractivity contribution in [1.82, 2.24) is 0 Å². The van der Waals surface area contributed by atoms with Gasteiger partial charge in [0.15, 0.2) is 0 Å². The van der Waals surface area contributed by atoms with Crippen molar-refractivity contribution in [3.63, 3.8) is 0 Å². The fourth-order valence-electron chi connectivity index (χ4n) is 2.08. The molecule has 1 nitrogen and oxygen atoms in total. The third-order valence-electron chi connectivity index (χ3n) is 3.38. The number of hydrogen-bond donors (Lipinski definition) is 1. The molecule has 1 atom stereocenters. The van der Waals surface area contributed by atoms with E-state index in [1.54, 1.807) is 0 Å². The zero-order valence-electron chi connectivity index (χ0n) is 10.8. The first kappa shape index (κ1) is 13.3. The minimum Gasteiger partial charge on any atom is -0.318 e. The molecule has 0 amide bonds. The number of aryl methyl sites for hydroxylation is 1. The van der Waals surface area contributed by atoms with Crippen LogP contribution in [0, 0.1) is 0 Å². The molecule has 0 saturated heterocycles. The van der Waals surface area contributed by atoms with Gasteiger partial charge in [-0.15, -0.1) is 0 Å². The summed E-state index contributed by atoms with van der Waals surface area (Å²) >= 11 is 3.45. The van der Waals surface area contributed by atoms with Gasteiger partial charge in [0.25, 0.3) is 0 Å². The summed E-state index contributed by atoms with van der Waals surface area (Å²) in [6.45, 7) is 4.22. The molecule has 0 aliphatic carbocycles. The first-order valence-electron chi connectivity index (χ1n) is 6.18. The Labute approximate surface area is 117 Å². The lowest BCUT2D eigenvalue weighted by molar-refractivity contribution is 0.602. The van der Waals surface area contributed by atoms with Crippen molar-refractivity contribution >= 4 is 15.9 Å². The van der Waals surface area contributed by atoms with Gasteiger partial charge in [0.1, 0.15) is 0 Å². The quantitative estimate of drug-likeness (QED) is 0.902. The van der Waals surface area contributed by atoms with Gasteiger partial charge in [-0.2, -0.15) is 0 Å². The molecule has 2 N–H and O–H groups in total. The molecule has 0 radical (unpaired) electrons. The molecule has 1 unspecified atom stereocenters. The molecule has 0 heterocycles. The van der Waals surface area contributed by atoms with Crippen LogP contribution in [0.1, 0.15) is 30.5 Å². The van der Waals surface area contributed by atoms with Crippen LogP contribution >= 0.6 is 15.9 Å². The standard InChI is InChI=1S/C16H18BrN/c1-3-12-5-4-6-14(11-12)16(2,18)13-7-9-15(17)10-8-13/h4-11H,3,18H2,1-2H3. The average molecular weight is 304 g/mol. The molecule has 0 aromatic heterocycles. The smallest absolute Gasteiger partial charge is 0.0637 e. The summed E-state index contributed by atoms with van der Waals surface area (Å²) in [5.74, 6) is 0. The molecule has 2 aromatic rings. The number of halogens is 1. The van der Waals surface area contributed by atoms with Gasteiger partial charge in [-0.05, 0) is 42.2 Å². The molecule has 0 bridgehead atoms. The van der Waals surface area contributed by atoms with Crippen LogP contribution in [0.3, 0.4) is 0 Å². The molecule has 0 saturated carbocycles. The summed E-state index contributed by atoms with van der Waals surface area (Å²) in [5, 5.41) is 0. The molecule has 2 aromatic carbocycles. The van der Waals surface area contributed by atoms with Gasteiger partial charge in [-0.25, -0.2) is 0 Å². The largest absolute Gasteiger partial charge is 0.318 e. The lowest BCUT2D eigenvalue weighted by Crippen LogP contribution is -2.34. The fraction of sp³-hybridized carbons (Fsp3) is 0.250. The predicted octanol–water partition coefficient (Wildman–Crippen LogP) is 4.23. The topological polar surface area (TPSA) is 26.0 Å². The Hall–Kier alpha value is -1.12. The Morgan fingerprint density at radius 2 is 1.72 bits per heavy atom. The van der Waals surface area contributed by atoms with Crippen LogP contribution in [0.5, 0.6) is 0 Å². The van der Waals surface area contributed by atoms with Crippen LogP contribution in [0.2, 0.25) is 0 Å². The van der Waals surface area contributed by atoms with E-state index in [2.05, 4.69) is 66.2 Å². The number of rotatable bonds is 3. The van der Waals surface area contributed by atoms with E-state index in [1.807, 2.05) is 12.1 Å². The zero-order chi connectivity index (χ0) is 13.2. The van der Waals surface area contributed by atoms with Gasteiger partial charge >= 0.3 is 0 Å². The second-order valence-electron chi connectivity index (χ2n) is 4.76. The maximum Gasteiger partial charge on any atom is 0.0637 e. The first-order chi connectivity index (χ1) is 8.54. The molecular weight excluding hydrogens is 286 g/mol. The Balaban J connectivity index is 2.43. The fourth-order valence-corrected chi connectivity index (χ4v) is 2.34. The molecule has 0 aliphatic heterocycles. The second-order valence-corrected chi connectivity index (χ2v) is 5.68. The maximum absolute atomic E-state index is 6.52. The van der Waals surface area contributed by atoms with Crippen molar-refractivity contribution in [2.45, 2.75) is 25.8 Å². The zero-order valence-corrected chi connectivity index (χ0v) is 12.4. The van der Waals surface area contributed by atoms with Gasteiger partial charge in [-0.3, -0.25) is 0 Å². The Bertz CT molecular complexity index is 529. The Kier molecular flexibility index (Phi) is 3.88. The minimum atomic E-state index is -0.452. The van der Waals surface area contributed by atoms with Gasteiger partial charge in [-0.1, -0.05) is 59.3 Å². The van der Waals surface area contributed by atoms with Crippen LogP contribution in [0.15, 0.2) is 53.0 Å². The third-order valence-corrected chi connectivity index (χ3v) is 3.91. The van der Waals surface area contributed by atoms with E-state index in [0.29, 0.717) is 0 Å². The first-order valence-corrected chi connectivity index (χ1v) is 6.97. The van der Waals surface area contributed by atoms with Crippen molar-refractivity contribution in [3.8, 4) is 0 Å². The SMILES string of the molecule is CCc1cccc(C(C)(N)c2ccc(Br)cc2)c1. The van der Waals surface area contributed by atoms with Crippen molar-refractivity contribution < 1.29 is 0 Å². The van der Waals surface area contributed by atoms with E-state index in [1.165, 1.54) is 5.56 Å². The van der Waals surface area contributed by atoms with E-state index >= 15 is 0 Å². The van der Waals surface area contributed by atoms with Crippen molar-refractivity contribution in [2.24, 2.45) is 5.73 Å². The monoisotopic (exact) mass is 303 g/mol. The van der Waals surface area contributed by atoms with E-state index in [0.717, 1.165) is 22.0 Å². The molecule has 2 heteroatoms. The molecule has 94 valence electrons. The van der Waals surface area contributed by atoms with Gasteiger partial charge in [0.2, 0.25) is 0 Å². The lowest BCUT2D eigenvalue weighted by Gasteiger charge is -2.26. The summed E-state index contributed by atoms with van der Waals surface area (Å²) in [7, 11) is 0. The summed E-state index contributed by atoms with van der Waals surface area (Å²) in [5.41, 5.74) is 9.67. The molecule has 0 spiro atoms. The Morgan fingerprint density at radius 3 is 2.33 bits per heavy atom. The molecular formula is C16H18BrN. The highest BCUT2D eigenvalue weighted by molar-refractivity contribution is 9.10. The molecule has 0 aliphatic rings. The van der Waals surface area contributed by atoms with E-state index in [9.17, 15) is 0 Å². The molecule has 2 rings (SSSR count). The van der Waals surface area contributed by atoms with Crippen molar-refractivity contribution in [1.29, 1.82) is 0 Å².